The fourth-order valence-electron chi connectivity index (χ4n) is 1.82. The highest BCUT2D eigenvalue weighted by Crippen LogP contribution is 2.30. The van der Waals surface area contributed by atoms with Gasteiger partial charge in [-0.3, -0.25) is 9.59 Å². The van der Waals surface area contributed by atoms with Crippen molar-refractivity contribution in [1.29, 1.82) is 0 Å². The Labute approximate surface area is 115 Å². The van der Waals surface area contributed by atoms with Crippen LogP contribution >= 0.6 is 22.6 Å². The molecule has 0 radical (unpaired) electrons. The molecule has 1 heterocycles. The van der Waals surface area contributed by atoms with Crippen molar-refractivity contribution in [1.82, 2.24) is 0 Å². The van der Waals surface area contributed by atoms with Gasteiger partial charge in [-0.15, -0.1) is 0 Å². The van der Waals surface area contributed by atoms with E-state index in [1.807, 2.05) is 0 Å². The van der Waals surface area contributed by atoms with Crippen molar-refractivity contribution in [2.45, 2.75) is 6.42 Å². The van der Waals surface area contributed by atoms with Gasteiger partial charge < -0.3 is 10.0 Å². The van der Waals surface area contributed by atoms with E-state index in [2.05, 4.69) is 0 Å². The number of aliphatic carboxylic acids is 1. The van der Waals surface area contributed by atoms with Crippen molar-refractivity contribution in [3.8, 4) is 0 Å². The van der Waals surface area contributed by atoms with E-state index in [-0.39, 0.29) is 18.7 Å². The molecule has 1 amide bonds. The molecule has 1 N–H and O–H groups in total. The van der Waals surface area contributed by atoms with Gasteiger partial charge in [-0.1, -0.05) is 0 Å². The average Bonchev–Trinajstić information content (AvgIpc) is 2.66. The molecule has 2 rings (SSSR count). The predicted molar refractivity (Wildman–Crippen MR) is 67.2 cm³/mol. The number of carboxylic acids is 1. The number of carbonyl (C=O) groups is 2. The third kappa shape index (κ3) is 2.31. The van der Waals surface area contributed by atoms with Gasteiger partial charge in [0.2, 0.25) is 5.91 Å². The largest absolute Gasteiger partial charge is 0.481 e. The molecule has 1 fully saturated rings. The lowest BCUT2D eigenvalue weighted by Gasteiger charge is -2.18. The third-order valence-electron chi connectivity index (χ3n) is 2.75. The molecule has 1 saturated heterocycles. The first kappa shape index (κ1) is 13.2. The lowest BCUT2D eigenvalue weighted by Crippen LogP contribution is -2.26. The van der Waals surface area contributed by atoms with E-state index in [4.69, 9.17) is 5.11 Å². The van der Waals surface area contributed by atoms with Gasteiger partial charge in [0.15, 0.2) is 11.6 Å². The Hall–Kier alpha value is -1.25. The Kier molecular flexibility index (Phi) is 3.51. The topological polar surface area (TPSA) is 57.6 Å². The van der Waals surface area contributed by atoms with Crippen LogP contribution in [0.15, 0.2) is 12.1 Å². The monoisotopic (exact) mass is 367 g/mol. The molecule has 1 aliphatic heterocycles. The molecule has 0 spiro atoms. The maximum Gasteiger partial charge on any atom is 0.308 e. The molecule has 0 bridgehead atoms. The second-order valence-electron chi connectivity index (χ2n) is 3.96. The molecule has 96 valence electrons. The van der Waals surface area contributed by atoms with Crippen molar-refractivity contribution in [3.05, 3.63) is 27.3 Å². The van der Waals surface area contributed by atoms with Crippen LogP contribution in [0.5, 0.6) is 0 Å². The van der Waals surface area contributed by atoms with Crippen LogP contribution in [0.25, 0.3) is 0 Å². The van der Waals surface area contributed by atoms with E-state index in [1.165, 1.54) is 4.90 Å². The zero-order valence-corrected chi connectivity index (χ0v) is 11.1. The summed E-state index contributed by atoms with van der Waals surface area (Å²) in [6.07, 6.45) is -0.121. The number of hydrogen-bond acceptors (Lipinski definition) is 2. The molecular formula is C11H8F2INO3. The van der Waals surface area contributed by atoms with Gasteiger partial charge in [-0.25, -0.2) is 8.78 Å². The van der Waals surface area contributed by atoms with Crippen LogP contribution in [0.3, 0.4) is 0 Å². The Morgan fingerprint density at radius 3 is 2.56 bits per heavy atom. The van der Waals surface area contributed by atoms with Crippen molar-refractivity contribution in [3.63, 3.8) is 0 Å². The number of nitrogens with zero attached hydrogens (tertiary/aromatic N) is 1. The first-order valence-corrected chi connectivity index (χ1v) is 6.15. The lowest BCUT2D eigenvalue weighted by molar-refractivity contribution is -0.141. The number of benzene rings is 1. The summed E-state index contributed by atoms with van der Waals surface area (Å²) in [6.45, 7) is -0.0186. The number of carboxylic acid groups (broad SMARTS) is 1. The second kappa shape index (κ2) is 4.79. The van der Waals surface area contributed by atoms with E-state index in [0.29, 0.717) is 3.57 Å². The number of amides is 1. The van der Waals surface area contributed by atoms with Crippen molar-refractivity contribution >= 4 is 40.2 Å². The van der Waals surface area contributed by atoms with Crippen LogP contribution in [0.4, 0.5) is 14.5 Å². The molecule has 1 unspecified atom stereocenters. The highest BCUT2D eigenvalue weighted by Gasteiger charge is 2.36. The molecule has 1 aromatic carbocycles. The lowest BCUT2D eigenvalue weighted by atomic mass is 10.1. The van der Waals surface area contributed by atoms with Crippen molar-refractivity contribution in [2.75, 3.05) is 11.4 Å². The van der Waals surface area contributed by atoms with E-state index >= 15 is 0 Å². The Bertz CT molecular complexity index is 535. The summed E-state index contributed by atoms with van der Waals surface area (Å²) in [7, 11) is 0. The Balaban J connectivity index is 2.35. The molecule has 0 saturated carbocycles. The SMILES string of the molecule is O=C(O)C1CC(=O)N(c2cc(F)c(F)cc2I)C1. The van der Waals surface area contributed by atoms with Gasteiger partial charge >= 0.3 is 5.97 Å². The fourth-order valence-corrected chi connectivity index (χ4v) is 2.55. The molecule has 18 heavy (non-hydrogen) atoms. The van der Waals surface area contributed by atoms with Crippen LogP contribution in [0.1, 0.15) is 6.42 Å². The minimum Gasteiger partial charge on any atom is -0.481 e. The molecular weight excluding hydrogens is 359 g/mol. The van der Waals surface area contributed by atoms with Crippen LogP contribution in [0, 0.1) is 21.1 Å². The van der Waals surface area contributed by atoms with E-state index < -0.39 is 29.4 Å². The Morgan fingerprint density at radius 1 is 1.39 bits per heavy atom. The minimum absolute atomic E-state index is 0.0186. The molecule has 4 nitrogen and oxygen atoms in total. The summed E-state index contributed by atoms with van der Waals surface area (Å²) < 4.78 is 26.5. The highest BCUT2D eigenvalue weighted by atomic mass is 127. The zero-order chi connectivity index (χ0) is 13.4. The van der Waals surface area contributed by atoms with Gasteiger partial charge in [0.1, 0.15) is 0 Å². The standard InChI is InChI=1S/C11H8F2INO3/c12-6-2-8(14)9(3-7(6)13)15-4-5(11(17)18)1-10(15)16/h2-3,5H,1,4H2,(H,17,18). The van der Waals surface area contributed by atoms with Gasteiger partial charge in [-0.05, 0) is 28.7 Å². The van der Waals surface area contributed by atoms with Crippen molar-refractivity contribution < 1.29 is 23.5 Å². The summed E-state index contributed by atoms with van der Waals surface area (Å²) >= 11 is 1.78. The van der Waals surface area contributed by atoms with Gasteiger partial charge in [0, 0.05) is 22.6 Å². The normalized spacial score (nSPS) is 19.4. The van der Waals surface area contributed by atoms with E-state index in [9.17, 15) is 18.4 Å². The smallest absolute Gasteiger partial charge is 0.308 e. The molecule has 1 aliphatic rings. The fraction of sp³-hybridized carbons (Fsp3) is 0.273. The maximum atomic E-state index is 13.2. The zero-order valence-electron chi connectivity index (χ0n) is 8.99. The first-order chi connectivity index (χ1) is 8.40. The summed E-state index contributed by atoms with van der Waals surface area (Å²) in [6, 6.07) is 1.89. The summed E-state index contributed by atoms with van der Waals surface area (Å²) in [5.74, 6) is -4.32. The first-order valence-electron chi connectivity index (χ1n) is 5.08. The average molecular weight is 367 g/mol. The second-order valence-corrected chi connectivity index (χ2v) is 5.12. The van der Waals surface area contributed by atoms with Crippen molar-refractivity contribution in [2.24, 2.45) is 5.92 Å². The highest BCUT2D eigenvalue weighted by molar-refractivity contribution is 14.1. The summed E-state index contributed by atoms with van der Waals surface area (Å²) in [5.41, 5.74) is 0.211. The van der Waals surface area contributed by atoms with Crippen LogP contribution < -0.4 is 4.90 Å². The Morgan fingerprint density at radius 2 is 2.00 bits per heavy atom. The number of anilines is 1. The number of rotatable bonds is 2. The number of carbonyl (C=O) groups excluding carboxylic acids is 1. The van der Waals surface area contributed by atoms with Crippen LogP contribution in [-0.4, -0.2) is 23.5 Å². The van der Waals surface area contributed by atoms with E-state index in [0.717, 1.165) is 12.1 Å². The van der Waals surface area contributed by atoms with Crippen LogP contribution in [0.2, 0.25) is 0 Å². The van der Waals surface area contributed by atoms with Gasteiger partial charge in [0.25, 0.3) is 0 Å². The van der Waals surface area contributed by atoms with Gasteiger partial charge in [0.05, 0.1) is 11.6 Å². The predicted octanol–water partition coefficient (Wildman–Crippen LogP) is 2.01. The molecule has 1 atom stereocenters. The maximum absolute atomic E-state index is 13.2. The van der Waals surface area contributed by atoms with E-state index in [1.54, 1.807) is 22.6 Å². The quantitative estimate of drug-likeness (QED) is 0.643. The van der Waals surface area contributed by atoms with Gasteiger partial charge in [-0.2, -0.15) is 0 Å². The number of hydrogen-bond donors (Lipinski definition) is 1. The third-order valence-corrected chi connectivity index (χ3v) is 3.62. The molecule has 1 aromatic rings. The number of halogens is 3. The minimum atomic E-state index is -1.07. The summed E-state index contributed by atoms with van der Waals surface area (Å²) in [4.78, 5) is 23.7. The molecule has 0 aliphatic carbocycles. The molecule has 7 heteroatoms. The van der Waals surface area contributed by atoms with Crippen LogP contribution in [-0.2, 0) is 9.59 Å². The molecule has 0 aromatic heterocycles. The summed E-state index contributed by atoms with van der Waals surface area (Å²) in [5, 5.41) is 8.85.